The first kappa shape index (κ1) is 14.9. The van der Waals surface area contributed by atoms with Gasteiger partial charge in [0.15, 0.2) is 0 Å². The first-order chi connectivity index (χ1) is 9.83. The van der Waals surface area contributed by atoms with Gasteiger partial charge in [-0.3, -0.25) is 9.52 Å². The number of carbonyl (C=O) groups excluding carboxylic acids is 1. The molecular formula is C13H12FN3O3S. The Morgan fingerprint density at radius 2 is 1.71 bits per heavy atom. The Morgan fingerprint density at radius 3 is 2.29 bits per heavy atom. The van der Waals surface area contributed by atoms with Gasteiger partial charge >= 0.3 is 0 Å². The van der Waals surface area contributed by atoms with E-state index in [1.807, 2.05) is 0 Å². The van der Waals surface area contributed by atoms with Crippen LogP contribution in [0, 0.1) is 5.95 Å². The molecule has 6 nitrogen and oxygen atoms in total. The van der Waals surface area contributed by atoms with E-state index in [-0.39, 0.29) is 5.69 Å². The van der Waals surface area contributed by atoms with Gasteiger partial charge in [-0.2, -0.15) is 4.39 Å². The van der Waals surface area contributed by atoms with Crippen molar-refractivity contribution in [2.75, 3.05) is 16.3 Å². The summed E-state index contributed by atoms with van der Waals surface area (Å²) in [5, 5.41) is 2.53. The molecule has 1 aromatic carbocycles. The summed E-state index contributed by atoms with van der Waals surface area (Å²) in [6, 6.07) is 9.94. The van der Waals surface area contributed by atoms with Gasteiger partial charge < -0.3 is 5.32 Å². The molecule has 0 aliphatic rings. The summed E-state index contributed by atoms with van der Waals surface area (Å²) >= 11 is 0. The minimum Gasteiger partial charge on any atom is -0.321 e. The number of anilines is 2. The largest absolute Gasteiger partial charge is 0.321 e. The van der Waals surface area contributed by atoms with E-state index in [4.69, 9.17) is 0 Å². The van der Waals surface area contributed by atoms with Crippen LogP contribution in [0.4, 0.5) is 15.8 Å². The van der Waals surface area contributed by atoms with Crippen molar-refractivity contribution in [3.8, 4) is 0 Å². The third-order valence-electron chi connectivity index (χ3n) is 2.39. The lowest BCUT2D eigenvalue weighted by molar-refractivity contribution is 0.102. The van der Waals surface area contributed by atoms with Gasteiger partial charge in [-0.15, -0.1) is 0 Å². The first-order valence-corrected chi connectivity index (χ1v) is 7.74. The van der Waals surface area contributed by atoms with E-state index in [0.29, 0.717) is 11.4 Å². The number of pyridine rings is 1. The monoisotopic (exact) mass is 309 g/mol. The molecule has 1 aromatic heterocycles. The Morgan fingerprint density at radius 1 is 1.10 bits per heavy atom. The molecule has 0 fully saturated rings. The lowest BCUT2D eigenvalue weighted by Gasteiger charge is -2.07. The molecule has 8 heteroatoms. The quantitative estimate of drug-likeness (QED) is 0.844. The summed E-state index contributed by atoms with van der Waals surface area (Å²) in [7, 11) is -3.35. The van der Waals surface area contributed by atoms with Crippen LogP contribution in [0.2, 0.25) is 0 Å². The normalized spacial score (nSPS) is 11.0. The summed E-state index contributed by atoms with van der Waals surface area (Å²) in [6.45, 7) is 0. The fourth-order valence-corrected chi connectivity index (χ4v) is 2.13. The van der Waals surface area contributed by atoms with Crippen molar-refractivity contribution in [2.24, 2.45) is 0 Å². The standard InChI is InChI=1S/C13H12FN3O3S/c1-21(19,20)17-10-7-5-9(6-8-10)15-13(18)11-3-2-4-12(14)16-11/h2-8,17H,1H3,(H,15,18). The number of amides is 1. The number of nitrogens with one attached hydrogen (secondary N) is 2. The van der Waals surface area contributed by atoms with Crippen molar-refractivity contribution in [1.82, 2.24) is 4.98 Å². The lowest BCUT2D eigenvalue weighted by atomic mass is 10.2. The molecule has 0 saturated carbocycles. The predicted molar refractivity (Wildman–Crippen MR) is 77.1 cm³/mol. The molecule has 0 spiro atoms. The maximum absolute atomic E-state index is 12.9. The highest BCUT2D eigenvalue weighted by molar-refractivity contribution is 7.92. The zero-order valence-corrected chi connectivity index (χ0v) is 11.8. The molecule has 2 aromatic rings. The summed E-state index contributed by atoms with van der Waals surface area (Å²) in [5.74, 6) is -1.30. The predicted octanol–water partition coefficient (Wildman–Crippen LogP) is 1.84. The molecule has 2 rings (SSSR count). The number of sulfonamides is 1. The van der Waals surface area contributed by atoms with Crippen LogP contribution < -0.4 is 10.0 Å². The van der Waals surface area contributed by atoms with Gasteiger partial charge in [-0.1, -0.05) is 6.07 Å². The minimum absolute atomic E-state index is 0.0478. The first-order valence-electron chi connectivity index (χ1n) is 5.85. The van der Waals surface area contributed by atoms with Crippen LogP contribution >= 0.6 is 0 Å². The van der Waals surface area contributed by atoms with Crippen LogP contribution in [0.1, 0.15) is 10.5 Å². The summed E-state index contributed by atoms with van der Waals surface area (Å²) in [5.41, 5.74) is 0.762. The van der Waals surface area contributed by atoms with E-state index >= 15 is 0 Å². The number of halogens is 1. The van der Waals surface area contributed by atoms with E-state index in [2.05, 4.69) is 15.0 Å². The van der Waals surface area contributed by atoms with Gasteiger partial charge in [-0.25, -0.2) is 13.4 Å². The smallest absolute Gasteiger partial charge is 0.274 e. The highest BCUT2D eigenvalue weighted by Crippen LogP contribution is 2.15. The number of hydrogen-bond acceptors (Lipinski definition) is 4. The minimum atomic E-state index is -3.35. The van der Waals surface area contributed by atoms with Crippen molar-refractivity contribution in [1.29, 1.82) is 0 Å². The van der Waals surface area contributed by atoms with E-state index in [1.165, 1.54) is 36.4 Å². The zero-order valence-electron chi connectivity index (χ0n) is 11.0. The average molecular weight is 309 g/mol. The van der Waals surface area contributed by atoms with E-state index in [0.717, 1.165) is 12.3 Å². The summed E-state index contributed by atoms with van der Waals surface area (Å²) < 4.78 is 37.3. The second-order valence-electron chi connectivity index (χ2n) is 4.25. The van der Waals surface area contributed by atoms with E-state index in [9.17, 15) is 17.6 Å². The number of aromatic nitrogens is 1. The van der Waals surface area contributed by atoms with Crippen molar-refractivity contribution in [2.45, 2.75) is 0 Å². The molecule has 110 valence electrons. The molecule has 21 heavy (non-hydrogen) atoms. The maximum atomic E-state index is 12.9. The van der Waals surface area contributed by atoms with Gasteiger partial charge in [0.25, 0.3) is 5.91 Å². The third kappa shape index (κ3) is 4.53. The molecule has 1 amide bonds. The number of nitrogens with zero attached hydrogens (tertiary/aromatic N) is 1. The topological polar surface area (TPSA) is 88.2 Å². The molecule has 1 heterocycles. The summed E-state index contributed by atoms with van der Waals surface area (Å²) in [6.07, 6.45) is 1.04. The fraction of sp³-hybridized carbons (Fsp3) is 0.0769. The Hall–Kier alpha value is -2.48. The van der Waals surface area contributed by atoms with Gasteiger partial charge in [0, 0.05) is 11.4 Å². The van der Waals surface area contributed by atoms with E-state index < -0.39 is 21.9 Å². The molecule has 0 saturated heterocycles. The molecule has 2 N–H and O–H groups in total. The highest BCUT2D eigenvalue weighted by atomic mass is 32.2. The van der Waals surface area contributed by atoms with Crippen LogP contribution in [0.5, 0.6) is 0 Å². The number of carbonyl (C=O) groups is 1. The molecule has 0 atom stereocenters. The van der Waals surface area contributed by atoms with Crippen LogP contribution in [0.15, 0.2) is 42.5 Å². The number of benzene rings is 1. The van der Waals surface area contributed by atoms with Crippen LogP contribution in [-0.4, -0.2) is 25.6 Å². The molecule has 0 aliphatic heterocycles. The van der Waals surface area contributed by atoms with Crippen LogP contribution in [0.3, 0.4) is 0 Å². The zero-order chi connectivity index (χ0) is 15.5. The third-order valence-corrected chi connectivity index (χ3v) is 3.00. The lowest BCUT2D eigenvalue weighted by Crippen LogP contribution is -2.14. The van der Waals surface area contributed by atoms with Gasteiger partial charge in [-0.05, 0) is 36.4 Å². The van der Waals surface area contributed by atoms with Gasteiger partial charge in [0.2, 0.25) is 16.0 Å². The molecule has 0 radical (unpaired) electrons. The Kier molecular flexibility index (Phi) is 4.18. The number of rotatable bonds is 4. The Labute approximate surface area is 121 Å². The SMILES string of the molecule is CS(=O)(=O)Nc1ccc(NC(=O)c2cccc(F)n2)cc1. The van der Waals surface area contributed by atoms with Gasteiger partial charge in [0.1, 0.15) is 5.69 Å². The maximum Gasteiger partial charge on any atom is 0.274 e. The Bertz CT molecular complexity index is 760. The van der Waals surface area contributed by atoms with Gasteiger partial charge in [0.05, 0.1) is 6.26 Å². The highest BCUT2D eigenvalue weighted by Gasteiger charge is 2.09. The van der Waals surface area contributed by atoms with Crippen LogP contribution in [0.25, 0.3) is 0 Å². The molecule has 0 bridgehead atoms. The van der Waals surface area contributed by atoms with Crippen molar-refractivity contribution >= 4 is 27.3 Å². The van der Waals surface area contributed by atoms with Crippen molar-refractivity contribution in [3.63, 3.8) is 0 Å². The average Bonchev–Trinajstić information content (AvgIpc) is 2.39. The molecule has 0 unspecified atom stereocenters. The Balaban J connectivity index is 2.08. The number of hydrogen-bond donors (Lipinski definition) is 2. The second-order valence-corrected chi connectivity index (χ2v) is 6.00. The second kappa shape index (κ2) is 5.88. The van der Waals surface area contributed by atoms with Crippen molar-refractivity contribution in [3.05, 3.63) is 54.1 Å². The van der Waals surface area contributed by atoms with E-state index in [1.54, 1.807) is 0 Å². The van der Waals surface area contributed by atoms with Crippen molar-refractivity contribution < 1.29 is 17.6 Å². The fourth-order valence-electron chi connectivity index (χ4n) is 1.57. The van der Waals surface area contributed by atoms with Crippen LogP contribution in [-0.2, 0) is 10.0 Å². The molecular weight excluding hydrogens is 297 g/mol. The molecule has 0 aliphatic carbocycles. The summed E-state index contributed by atoms with van der Waals surface area (Å²) in [4.78, 5) is 15.3.